The lowest BCUT2D eigenvalue weighted by Crippen LogP contribution is -2.46. The Morgan fingerprint density at radius 2 is 1.96 bits per heavy atom. The third kappa shape index (κ3) is 3.84. The third-order valence-corrected chi connectivity index (χ3v) is 5.74. The second-order valence-electron chi connectivity index (χ2n) is 7.37. The van der Waals surface area contributed by atoms with Crippen molar-refractivity contribution in [3.05, 3.63) is 57.3 Å². The van der Waals surface area contributed by atoms with Crippen molar-refractivity contribution in [2.24, 2.45) is 5.92 Å². The first kappa shape index (κ1) is 16.3. The summed E-state index contributed by atoms with van der Waals surface area (Å²) in [5.41, 5.74) is 2.37. The zero-order chi connectivity index (χ0) is 16.6. The Morgan fingerprint density at radius 1 is 1.22 bits per heavy atom. The number of hydrogen-bond donors (Lipinski definition) is 1. The molecule has 2 unspecified atom stereocenters. The van der Waals surface area contributed by atoms with Crippen LogP contribution in [0.5, 0.6) is 0 Å². The molecule has 1 aromatic heterocycles. The van der Waals surface area contributed by atoms with Gasteiger partial charge in [0.05, 0.1) is 0 Å². The van der Waals surface area contributed by atoms with Crippen LogP contribution in [0.25, 0.3) is 0 Å². The minimum absolute atomic E-state index is 0.157. The van der Waals surface area contributed by atoms with Crippen molar-refractivity contribution in [3.63, 3.8) is 0 Å². The van der Waals surface area contributed by atoms with Gasteiger partial charge in [-0.3, -0.25) is 4.79 Å². The average Bonchev–Trinajstić information content (AvgIpc) is 3.16. The molecule has 0 radical (unpaired) electrons. The average molecular weight is 327 g/mol. The van der Waals surface area contributed by atoms with Crippen molar-refractivity contribution in [2.45, 2.75) is 52.0 Å². The highest BCUT2D eigenvalue weighted by atomic mass is 32.1. The number of carbonyl (C=O) groups is 1. The van der Waals surface area contributed by atoms with Gasteiger partial charge in [0.15, 0.2) is 0 Å². The van der Waals surface area contributed by atoms with Crippen LogP contribution in [-0.4, -0.2) is 11.4 Å². The minimum Gasteiger partial charge on any atom is -0.351 e. The van der Waals surface area contributed by atoms with Crippen LogP contribution < -0.4 is 5.32 Å². The Hall–Kier alpha value is -1.61. The Balaban J connectivity index is 1.60. The van der Waals surface area contributed by atoms with E-state index in [1.807, 2.05) is 11.3 Å². The van der Waals surface area contributed by atoms with E-state index in [-0.39, 0.29) is 17.4 Å². The molecular weight excluding hydrogens is 302 g/mol. The Labute approximate surface area is 142 Å². The van der Waals surface area contributed by atoms with Crippen LogP contribution in [0, 0.1) is 19.8 Å². The molecule has 0 aliphatic heterocycles. The molecule has 2 nitrogen and oxygen atoms in total. The van der Waals surface area contributed by atoms with Crippen molar-refractivity contribution in [1.29, 1.82) is 0 Å². The summed E-state index contributed by atoms with van der Waals surface area (Å²) < 4.78 is 0. The van der Waals surface area contributed by atoms with Crippen molar-refractivity contribution in [2.75, 3.05) is 0 Å². The highest BCUT2D eigenvalue weighted by Gasteiger charge is 2.45. The molecule has 0 saturated heterocycles. The maximum Gasteiger partial charge on any atom is 0.224 e. The number of rotatable bonds is 5. The topological polar surface area (TPSA) is 29.1 Å². The van der Waals surface area contributed by atoms with Gasteiger partial charge >= 0.3 is 0 Å². The van der Waals surface area contributed by atoms with Crippen LogP contribution in [0.15, 0.2) is 36.4 Å². The molecule has 1 fully saturated rings. The molecule has 3 heteroatoms. The van der Waals surface area contributed by atoms with Gasteiger partial charge in [0.25, 0.3) is 0 Å². The van der Waals surface area contributed by atoms with Gasteiger partial charge in [-0.05, 0) is 63.8 Å². The molecule has 1 aliphatic rings. The standard InChI is InChI=1S/C20H25NOS/c1-13-7-5-6-8-15(13)12-20(3,4)21-19(22)17-11-16(17)18-10-9-14(2)23-18/h5-10,16-17H,11-12H2,1-4H3,(H,21,22). The Bertz CT molecular complexity index is 716. The first-order valence-corrected chi connectivity index (χ1v) is 9.10. The maximum atomic E-state index is 12.6. The SMILES string of the molecule is Cc1ccc(C2CC2C(=O)NC(C)(C)Cc2ccccc2C)s1. The van der Waals surface area contributed by atoms with E-state index in [4.69, 9.17) is 0 Å². The molecule has 3 rings (SSSR count). The summed E-state index contributed by atoms with van der Waals surface area (Å²) in [4.78, 5) is 15.3. The molecule has 0 bridgehead atoms. The maximum absolute atomic E-state index is 12.6. The number of hydrogen-bond acceptors (Lipinski definition) is 2. The highest BCUT2D eigenvalue weighted by Crippen LogP contribution is 2.49. The molecule has 1 heterocycles. The Morgan fingerprint density at radius 3 is 2.61 bits per heavy atom. The summed E-state index contributed by atoms with van der Waals surface area (Å²) in [6, 6.07) is 12.7. The molecule has 122 valence electrons. The summed E-state index contributed by atoms with van der Waals surface area (Å²) in [6.45, 7) is 8.48. The number of aryl methyl sites for hydroxylation is 2. The van der Waals surface area contributed by atoms with E-state index in [9.17, 15) is 4.79 Å². The number of carbonyl (C=O) groups excluding carboxylic acids is 1. The lowest BCUT2D eigenvalue weighted by Gasteiger charge is -2.27. The zero-order valence-corrected chi connectivity index (χ0v) is 15.2. The number of benzene rings is 1. The van der Waals surface area contributed by atoms with Gasteiger partial charge in [-0.15, -0.1) is 11.3 Å². The van der Waals surface area contributed by atoms with E-state index in [1.165, 1.54) is 20.9 Å². The number of amides is 1. The van der Waals surface area contributed by atoms with E-state index < -0.39 is 0 Å². The molecule has 1 amide bonds. The summed E-state index contributed by atoms with van der Waals surface area (Å²) in [6.07, 6.45) is 1.85. The van der Waals surface area contributed by atoms with Crippen molar-refractivity contribution in [3.8, 4) is 0 Å². The van der Waals surface area contributed by atoms with Crippen LogP contribution in [0.4, 0.5) is 0 Å². The minimum atomic E-state index is -0.221. The predicted molar refractivity (Wildman–Crippen MR) is 97.0 cm³/mol. The monoisotopic (exact) mass is 327 g/mol. The van der Waals surface area contributed by atoms with Crippen LogP contribution in [0.3, 0.4) is 0 Å². The molecule has 2 atom stereocenters. The van der Waals surface area contributed by atoms with Crippen LogP contribution >= 0.6 is 11.3 Å². The van der Waals surface area contributed by atoms with E-state index in [0.29, 0.717) is 5.92 Å². The normalized spacial score (nSPS) is 20.3. The van der Waals surface area contributed by atoms with E-state index in [1.54, 1.807) is 0 Å². The molecule has 1 aliphatic carbocycles. The molecule has 1 aromatic carbocycles. The third-order valence-electron chi connectivity index (χ3n) is 4.61. The lowest BCUT2D eigenvalue weighted by molar-refractivity contribution is -0.124. The summed E-state index contributed by atoms with van der Waals surface area (Å²) in [5.74, 6) is 0.798. The van der Waals surface area contributed by atoms with Gasteiger partial charge in [-0.1, -0.05) is 24.3 Å². The van der Waals surface area contributed by atoms with Crippen LogP contribution in [0.2, 0.25) is 0 Å². The zero-order valence-electron chi connectivity index (χ0n) is 14.3. The van der Waals surface area contributed by atoms with Crippen molar-refractivity contribution >= 4 is 17.2 Å². The second kappa shape index (κ2) is 6.12. The lowest BCUT2D eigenvalue weighted by atomic mass is 9.92. The Kier molecular flexibility index (Phi) is 4.33. The second-order valence-corrected chi connectivity index (χ2v) is 8.69. The molecule has 1 N–H and O–H groups in total. The van der Waals surface area contributed by atoms with Crippen LogP contribution in [-0.2, 0) is 11.2 Å². The smallest absolute Gasteiger partial charge is 0.224 e. The first-order chi connectivity index (χ1) is 10.9. The number of nitrogens with one attached hydrogen (secondary N) is 1. The van der Waals surface area contributed by atoms with Crippen molar-refractivity contribution < 1.29 is 4.79 Å². The van der Waals surface area contributed by atoms with Gasteiger partial charge < -0.3 is 5.32 Å². The fourth-order valence-electron chi connectivity index (χ4n) is 3.21. The van der Waals surface area contributed by atoms with E-state index in [2.05, 4.69) is 69.4 Å². The van der Waals surface area contributed by atoms with Gasteiger partial charge in [0.2, 0.25) is 5.91 Å². The predicted octanol–water partition coefficient (Wildman–Crippen LogP) is 4.61. The van der Waals surface area contributed by atoms with Crippen molar-refractivity contribution in [1.82, 2.24) is 5.32 Å². The van der Waals surface area contributed by atoms with Gasteiger partial charge in [-0.25, -0.2) is 0 Å². The fourth-order valence-corrected chi connectivity index (χ4v) is 4.26. The fraction of sp³-hybridized carbons (Fsp3) is 0.450. The van der Waals surface area contributed by atoms with Crippen LogP contribution in [0.1, 0.15) is 47.1 Å². The molecule has 23 heavy (non-hydrogen) atoms. The van der Waals surface area contributed by atoms with E-state index >= 15 is 0 Å². The van der Waals surface area contributed by atoms with Gasteiger partial charge in [0, 0.05) is 27.1 Å². The number of thiophene rings is 1. The first-order valence-electron chi connectivity index (χ1n) is 8.28. The molecule has 2 aromatic rings. The van der Waals surface area contributed by atoms with Gasteiger partial charge in [-0.2, -0.15) is 0 Å². The molecule has 1 saturated carbocycles. The molecular formula is C20H25NOS. The quantitative estimate of drug-likeness (QED) is 0.854. The van der Waals surface area contributed by atoms with E-state index in [0.717, 1.165) is 12.8 Å². The summed E-state index contributed by atoms with van der Waals surface area (Å²) >= 11 is 1.82. The highest BCUT2D eigenvalue weighted by molar-refractivity contribution is 7.12. The summed E-state index contributed by atoms with van der Waals surface area (Å²) in [5, 5.41) is 3.27. The molecule has 0 spiro atoms. The van der Waals surface area contributed by atoms with Gasteiger partial charge in [0.1, 0.15) is 0 Å². The largest absolute Gasteiger partial charge is 0.351 e. The summed E-state index contributed by atoms with van der Waals surface area (Å²) in [7, 11) is 0.